The summed E-state index contributed by atoms with van der Waals surface area (Å²) in [5.74, 6) is 0.755. The Labute approximate surface area is 167 Å². The van der Waals surface area contributed by atoms with Crippen LogP contribution in [0.5, 0.6) is 11.5 Å². The van der Waals surface area contributed by atoms with E-state index in [2.05, 4.69) is 5.32 Å². The smallest absolute Gasteiger partial charge is 0.251 e. The summed E-state index contributed by atoms with van der Waals surface area (Å²) in [6.45, 7) is 0.482. The SMILES string of the molecule is O=C(NCc1nn(-c2ccccc2)c2c1CCC2)c1cc(Cl)c2c(c1)OCO2. The third kappa shape index (κ3) is 2.90. The molecule has 0 spiro atoms. The van der Waals surface area contributed by atoms with Crippen molar-refractivity contribution in [3.05, 3.63) is 70.0 Å². The average Bonchev–Trinajstić information content (AvgIpc) is 3.43. The average molecular weight is 396 g/mol. The van der Waals surface area contributed by atoms with E-state index in [1.165, 1.54) is 11.3 Å². The second kappa shape index (κ2) is 6.87. The molecule has 1 amide bonds. The molecule has 0 fully saturated rings. The zero-order chi connectivity index (χ0) is 19.1. The highest BCUT2D eigenvalue weighted by Gasteiger charge is 2.24. The number of aromatic nitrogens is 2. The van der Waals surface area contributed by atoms with Crippen LogP contribution in [-0.2, 0) is 19.4 Å². The van der Waals surface area contributed by atoms with Gasteiger partial charge in [-0.3, -0.25) is 4.79 Å². The van der Waals surface area contributed by atoms with Crippen LogP contribution in [0.1, 0.15) is 33.7 Å². The molecule has 1 aromatic heterocycles. The van der Waals surface area contributed by atoms with E-state index in [9.17, 15) is 4.79 Å². The third-order valence-electron chi connectivity index (χ3n) is 5.12. The molecule has 142 valence electrons. The van der Waals surface area contributed by atoms with Crippen molar-refractivity contribution in [2.45, 2.75) is 25.8 Å². The highest BCUT2D eigenvalue weighted by Crippen LogP contribution is 2.39. The molecular weight excluding hydrogens is 378 g/mol. The van der Waals surface area contributed by atoms with Crippen molar-refractivity contribution in [1.29, 1.82) is 0 Å². The first-order valence-corrected chi connectivity index (χ1v) is 9.61. The normalized spacial score (nSPS) is 14.2. The summed E-state index contributed by atoms with van der Waals surface area (Å²) in [6.07, 6.45) is 3.10. The maximum atomic E-state index is 12.6. The minimum Gasteiger partial charge on any atom is -0.454 e. The molecule has 0 atom stereocenters. The fourth-order valence-corrected chi connectivity index (χ4v) is 4.07. The lowest BCUT2D eigenvalue weighted by Crippen LogP contribution is -2.23. The van der Waals surface area contributed by atoms with Gasteiger partial charge < -0.3 is 14.8 Å². The zero-order valence-electron chi connectivity index (χ0n) is 15.1. The molecule has 2 aliphatic rings. The van der Waals surface area contributed by atoms with Crippen LogP contribution in [0.25, 0.3) is 5.69 Å². The van der Waals surface area contributed by atoms with Gasteiger partial charge in [0.25, 0.3) is 5.91 Å². The first kappa shape index (κ1) is 17.1. The number of nitrogens with one attached hydrogen (secondary N) is 1. The maximum absolute atomic E-state index is 12.6. The van der Waals surface area contributed by atoms with Crippen LogP contribution < -0.4 is 14.8 Å². The number of fused-ring (bicyclic) bond motifs is 2. The van der Waals surface area contributed by atoms with Gasteiger partial charge in [-0.25, -0.2) is 4.68 Å². The molecule has 28 heavy (non-hydrogen) atoms. The number of amides is 1. The summed E-state index contributed by atoms with van der Waals surface area (Å²) in [4.78, 5) is 12.6. The molecular formula is C21H18ClN3O3. The lowest BCUT2D eigenvalue weighted by Gasteiger charge is -2.07. The Kier molecular flexibility index (Phi) is 4.20. The topological polar surface area (TPSA) is 65.4 Å². The van der Waals surface area contributed by atoms with Gasteiger partial charge in [-0.2, -0.15) is 5.10 Å². The number of ether oxygens (including phenoxy) is 2. The Bertz CT molecular complexity index is 1060. The van der Waals surface area contributed by atoms with Gasteiger partial charge in [0, 0.05) is 11.3 Å². The molecule has 0 saturated heterocycles. The number of hydrogen-bond acceptors (Lipinski definition) is 4. The number of hydrogen-bond donors (Lipinski definition) is 1. The van der Waals surface area contributed by atoms with Crippen molar-refractivity contribution in [2.75, 3.05) is 6.79 Å². The minimum atomic E-state index is -0.221. The molecule has 6 nitrogen and oxygen atoms in total. The van der Waals surface area contributed by atoms with Gasteiger partial charge in [0.05, 0.1) is 22.9 Å². The van der Waals surface area contributed by atoms with Crippen LogP contribution in [0.15, 0.2) is 42.5 Å². The number of carbonyl (C=O) groups is 1. The lowest BCUT2D eigenvalue weighted by atomic mass is 10.1. The number of rotatable bonds is 4. The summed E-state index contributed by atoms with van der Waals surface area (Å²) >= 11 is 6.18. The van der Waals surface area contributed by atoms with E-state index in [4.69, 9.17) is 26.2 Å². The van der Waals surface area contributed by atoms with Crippen molar-refractivity contribution >= 4 is 17.5 Å². The van der Waals surface area contributed by atoms with E-state index >= 15 is 0 Å². The van der Waals surface area contributed by atoms with Crippen molar-refractivity contribution in [3.63, 3.8) is 0 Å². The Balaban J connectivity index is 1.38. The number of benzene rings is 2. The van der Waals surface area contributed by atoms with Gasteiger partial charge in [-0.15, -0.1) is 0 Å². The van der Waals surface area contributed by atoms with Crippen molar-refractivity contribution in [1.82, 2.24) is 15.1 Å². The molecule has 0 unspecified atom stereocenters. The number of carbonyl (C=O) groups excluding carboxylic acids is 1. The lowest BCUT2D eigenvalue weighted by molar-refractivity contribution is 0.0950. The van der Waals surface area contributed by atoms with Crippen LogP contribution in [0.2, 0.25) is 5.02 Å². The maximum Gasteiger partial charge on any atom is 0.251 e. The van der Waals surface area contributed by atoms with Gasteiger partial charge in [0.15, 0.2) is 11.5 Å². The number of para-hydroxylation sites is 1. The summed E-state index contributed by atoms with van der Waals surface area (Å²) in [6, 6.07) is 13.3. The predicted octanol–water partition coefficient (Wildman–Crippen LogP) is 3.67. The van der Waals surface area contributed by atoms with Crippen LogP contribution in [0, 0.1) is 0 Å². The molecule has 3 aromatic rings. The molecule has 0 radical (unpaired) electrons. The second-order valence-corrected chi connectivity index (χ2v) is 7.25. The molecule has 1 N–H and O–H groups in total. The van der Waals surface area contributed by atoms with Gasteiger partial charge in [0.1, 0.15) is 0 Å². The van der Waals surface area contributed by atoms with Crippen LogP contribution in [0.3, 0.4) is 0 Å². The first-order valence-electron chi connectivity index (χ1n) is 9.23. The van der Waals surface area contributed by atoms with E-state index < -0.39 is 0 Å². The molecule has 0 saturated carbocycles. The molecule has 7 heteroatoms. The standard InChI is InChI=1S/C21H18ClN3O3/c22-16-9-13(10-19-20(16)28-12-27-19)21(26)23-11-17-15-7-4-8-18(15)25(24-17)14-5-2-1-3-6-14/h1-3,5-6,9-10H,4,7-8,11-12H2,(H,23,26). The third-order valence-corrected chi connectivity index (χ3v) is 5.40. The molecule has 1 aliphatic heterocycles. The summed E-state index contributed by atoms with van der Waals surface area (Å²) in [5, 5.41) is 8.10. The van der Waals surface area contributed by atoms with Gasteiger partial charge in [-0.1, -0.05) is 29.8 Å². The van der Waals surface area contributed by atoms with E-state index in [1.54, 1.807) is 12.1 Å². The van der Waals surface area contributed by atoms with Gasteiger partial charge in [0.2, 0.25) is 6.79 Å². The quantitative estimate of drug-likeness (QED) is 0.732. The molecule has 0 bridgehead atoms. The first-order chi connectivity index (χ1) is 13.7. The Morgan fingerprint density at radius 1 is 1.18 bits per heavy atom. The van der Waals surface area contributed by atoms with Crippen LogP contribution in [-0.4, -0.2) is 22.5 Å². The summed E-state index contributed by atoms with van der Waals surface area (Å²) in [5.41, 5.74) is 4.88. The van der Waals surface area contributed by atoms with Gasteiger partial charge in [-0.05, 0) is 49.1 Å². The van der Waals surface area contributed by atoms with E-state index in [1.807, 2.05) is 35.0 Å². The number of nitrogens with zero attached hydrogens (tertiary/aromatic N) is 2. The highest BCUT2D eigenvalue weighted by atomic mass is 35.5. The Morgan fingerprint density at radius 3 is 2.89 bits per heavy atom. The minimum absolute atomic E-state index is 0.114. The van der Waals surface area contributed by atoms with Crippen molar-refractivity contribution in [3.8, 4) is 17.2 Å². The van der Waals surface area contributed by atoms with E-state index in [0.29, 0.717) is 28.6 Å². The fourth-order valence-electron chi connectivity index (χ4n) is 3.80. The highest BCUT2D eigenvalue weighted by molar-refractivity contribution is 6.32. The molecule has 1 aliphatic carbocycles. The van der Waals surface area contributed by atoms with E-state index in [-0.39, 0.29) is 12.7 Å². The monoisotopic (exact) mass is 395 g/mol. The fraction of sp³-hybridized carbons (Fsp3) is 0.238. The molecule has 5 rings (SSSR count). The summed E-state index contributed by atoms with van der Waals surface area (Å²) in [7, 11) is 0. The predicted molar refractivity (Wildman–Crippen MR) is 104 cm³/mol. The summed E-state index contributed by atoms with van der Waals surface area (Å²) < 4.78 is 12.6. The Morgan fingerprint density at radius 2 is 2.04 bits per heavy atom. The van der Waals surface area contributed by atoms with Crippen LogP contribution >= 0.6 is 11.6 Å². The van der Waals surface area contributed by atoms with Crippen LogP contribution in [0.4, 0.5) is 0 Å². The Hall–Kier alpha value is -2.99. The van der Waals surface area contributed by atoms with E-state index in [0.717, 1.165) is 30.6 Å². The number of halogens is 1. The molecule has 2 heterocycles. The van der Waals surface area contributed by atoms with Crippen molar-refractivity contribution in [2.24, 2.45) is 0 Å². The molecule has 2 aromatic carbocycles. The second-order valence-electron chi connectivity index (χ2n) is 6.85. The van der Waals surface area contributed by atoms with Gasteiger partial charge >= 0.3 is 0 Å². The zero-order valence-corrected chi connectivity index (χ0v) is 15.8. The van der Waals surface area contributed by atoms with Crippen molar-refractivity contribution < 1.29 is 14.3 Å². The largest absolute Gasteiger partial charge is 0.454 e.